The van der Waals surface area contributed by atoms with Gasteiger partial charge in [-0.25, -0.2) is 18.8 Å². The van der Waals surface area contributed by atoms with E-state index in [0.29, 0.717) is 29.9 Å². The molecule has 0 unspecified atom stereocenters. The van der Waals surface area contributed by atoms with E-state index in [-0.39, 0.29) is 35.6 Å². The molecule has 0 bridgehead atoms. The van der Waals surface area contributed by atoms with Crippen molar-refractivity contribution in [3.63, 3.8) is 0 Å². The number of amides is 1. The Morgan fingerprint density at radius 2 is 1.50 bits per heavy atom. The van der Waals surface area contributed by atoms with Gasteiger partial charge in [-0.15, -0.1) is 0 Å². The summed E-state index contributed by atoms with van der Waals surface area (Å²) in [5, 5.41) is 9.06. The largest absolute Gasteiger partial charge is 0.494 e. The summed E-state index contributed by atoms with van der Waals surface area (Å²) in [4.78, 5) is 19.3. The van der Waals surface area contributed by atoms with Crippen molar-refractivity contribution < 1.29 is 27.8 Å². The smallest absolute Gasteiger partial charge is 0.266 e. The fourth-order valence-electron chi connectivity index (χ4n) is 5.39. The van der Waals surface area contributed by atoms with Gasteiger partial charge in [-0.05, 0) is 65.9 Å². The second kappa shape index (κ2) is 13.9. The Bertz CT molecular complexity index is 1760. The van der Waals surface area contributed by atoms with E-state index in [1.54, 1.807) is 54.6 Å². The quantitative estimate of drug-likeness (QED) is 0.131. The van der Waals surface area contributed by atoms with Crippen molar-refractivity contribution in [2.45, 2.75) is 48.3 Å². The molecular formula is C36H37N3O6S. The highest BCUT2D eigenvalue weighted by atomic mass is 32.2. The van der Waals surface area contributed by atoms with E-state index in [4.69, 9.17) is 19.6 Å². The predicted octanol–water partition coefficient (Wildman–Crippen LogP) is 5.02. The van der Waals surface area contributed by atoms with Crippen molar-refractivity contribution in [1.82, 2.24) is 10.9 Å². The highest BCUT2D eigenvalue weighted by Gasteiger charge is 2.54. The predicted molar refractivity (Wildman–Crippen MR) is 176 cm³/mol. The molecule has 1 aliphatic carbocycles. The molecule has 0 saturated heterocycles. The van der Waals surface area contributed by atoms with E-state index in [1.165, 1.54) is 0 Å². The second-order valence-corrected chi connectivity index (χ2v) is 13.6. The lowest BCUT2D eigenvalue weighted by Gasteiger charge is -2.30. The molecule has 1 aliphatic heterocycles. The van der Waals surface area contributed by atoms with Crippen molar-refractivity contribution >= 4 is 21.6 Å². The van der Waals surface area contributed by atoms with Crippen LogP contribution in [0.15, 0.2) is 119 Å². The highest BCUT2D eigenvalue weighted by Crippen LogP contribution is 2.43. The molecule has 1 amide bonds. The van der Waals surface area contributed by atoms with Gasteiger partial charge in [-0.1, -0.05) is 72.8 Å². The Morgan fingerprint density at radius 3 is 2.15 bits per heavy atom. The van der Waals surface area contributed by atoms with Crippen LogP contribution in [-0.2, 0) is 19.4 Å². The van der Waals surface area contributed by atoms with Crippen LogP contribution < -0.4 is 15.6 Å². The lowest BCUT2D eigenvalue weighted by Crippen LogP contribution is -2.53. The number of benzene rings is 4. The van der Waals surface area contributed by atoms with Gasteiger partial charge in [-0.2, -0.15) is 0 Å². The summed E-state index contributed by atoms with van der Waals surface area (Å²) in [6.07, 6.45) is 1.38. The molecule has 1 saturated carbocycles. The van der Waals surface area contributed by atoms with Gasteiger partial charge in [0.2, 0.25) is 5.90 Å². The molecule has 4 aromatic rings. The third-order valence-corrected chi connectivity index (χ3v) is 9.90. The number of nitrogens with zero attached hydrogens (tertiary/aromatic N) is 1. The zero-order valence-electron chi connectivity index (χ0n) is 25.3. The van der Waals surface area contributed by atoms with Gasteiger partial charge < -0.3 is 14.6 Å². The van der Waals surface area contributed by atoms with Crippen LogP contribution in [0.4, 0.5) is 0 Å². The van der Waals surface area contributed by atoms with Gasteiger partial charge >= 0.3 is 0 Å². The van der Waals surface area contributed by atoms with Gasteiger partial charge in [0.15, 0.2) is 21.5 Å². The maximum absolute atomic E-state index is 14.2. The number of hydrazine groups is 1. The van der Waals surface area contributed by atoms with Crippen LogP contribution >= 0.6 is 0 Å². The SMILES string of the molecule is O=C(NNC1CC1)[C@@]1(CCS(=O)(=O)c2ccccc2)N=C(c2ccc(OCCCO)cc2)O[C@H]1c1ccc(-c2ccccc2)cc1. The lowest BCUT2D eigenvalue weighted by atomic mass is 9.84. The molecule has 1 heterocycles. The normalized spacial score (nSPS) is 19.2. The minimum atomic E-state index is -3.75. The molecule has 1 fully saturated rings. The van der Waals surface area contributed by atoms with Crippen molar-refractivity contribution in [2.75, 3.05) is 19.0 Å². The number of hydrogen-bond donors (Lipinski definition) is 3. The fourth-order valence-corrected chi connectivity index (χ4v) is 6.78. The number of aliphatic hydroxyl groups excluding tert-OH is 1. The van der Waals surface area contributed by atoms with Crippen LogP contribution in [0, 0.1) is 0 Å². The first-order chi connectivity index (χ1) is 22.4. The maximum Gasteiger partial charge on any atom is 0.266 e. The summed E-state index contributed by atoms with van der Waals surface area (Å²) >= 11 is 0. The maximum atomic E-state index is 14.2. The Balaban J connectivity index is 1.38. The van der Waals surface area contributed by atoms with Crippen LogP contribution in [0.5, 0.6) is 5.75 Å². The van der Waals surface area contributed by atoms with E-state index < -0.39 is 27.4 Å². The van der Waals surface area contributed by atoms with Gasteiger partial charge in [0, 0.05) is 31.1 Å². The lowest BCUT2D eigenvalue weighted by molar-refractivity contribution is -0.130. The molecule has 238 valence electrons. The van der Waals surface area contributed by atoms with Crippen molar-refractivity contribution in [3.05, 3.63) is 120 Å². The fraction of sp³-hybridized carbons (Fsp3) is 0.278. The van der Waals surface area contributed by atoms with Gasteiger partial charge in [0.1, 0.15) is 5.75 Å². The van der Waals surface area contributed by atoms with Gasteiger partial charge in [-0.3, -0.25) is 10.2 Å². The molecule has 4 aromatic carbocycles. The average Bonchev–Trinajstić information content (AvgIpc) is 3.85. The zero-order valence-corrected chi connectivity index (χ0v) is 26.2. The number of nitrogens with one attached hydrogen (secondary N) is 2. The Labute approximate surface area is 269 Å². The number of aliphatic hydroxyl groups is 1. The summed E-state index contributed by atoms with van der Waals surface area (Å²) in [7, 11) is -3.75. The van der Waals surface area contributed by atoms with Crippen LogP contribution in [0.25, 0.3) is 11.1 Å². The number of ether oxygens (including phenoxy) is 2. The van der Waals surface area contributed by atoms with Gasteiger partial charge in [0.25, 0.3) is 5.91 Å². The van der Waals surface area contributed by atoms with Crippen LogP contribution in [0.3, 0.4) is 0 Å². The van der Waals surface area contributed by atoms with Gasteiger partial charge in [0.05, 0.1) is 17.3 Å². The molecule has 2 atom stereocenters. The molecule has 9 nitrogen and oxygen atoms in total. The number of aliphatic imine (C=N–C) groups is 1. The molecule has 46 heavy (non-hydrogen) atoms. The minimum absolute atomic E-state index is 0.0379. The summed E-state index contributed by atoms with van der Waals surface area (Å²) in [6, 6.07) is 33.2. The number of sulfone groups is 1. The molecule has 0 radical (unpaired) electrons. The van der Waals surface area contributed by atoms with E-state index in [2.05, 4.69) is 10.9 Å². The van der Waals surface area contributed by atoms with Crippen molar-refractivity contribution in [3.8, 4) is 16.9 Å². The standard InChI is InChI=1S/C36H37N3O6S/c40-23-7-24-44-31-20-16-29(17-21-31)34-37-36(35(41)39-38-30-18-19-30,22-25-46(42,43)32-10-5-2-6-11-32)33(45-34)28-14-12-27(13-15-28)26-8-3-1-4-9-26/h1-6,8-17,20-21,30,33,38,40H,7,18-19,22-25H2,(H,39,41)/t33-,36-/m0/s1. The second-order valence-electron chi connectivity index (χ2n) is 11.5. The summed E-state index contributed by atoms with van der Waals surface area (Å²) in [5.41, 5.74) is 7.67. The third kappa shape index (κ3) is 7.14. The molecular weight excluding hydrogens is 602 g/mol. The number of carbonyl (C=O) groups is 1. The average molecular weight is 640 g/mol. The number of rotatable bonds is 14. The molecule has 0 aromatic heterocycles. The molecule has 0 spiro atoms. The Kier molecular flexibility index (Phi) is 9.48. The topological polar surface area (TPSA) is 126 Å². The molecule has 10 heteroatoms. The van der Waals surface area contributed by atoms with Crippen molar-refractivity contribution in [1.29, 1.82) is 0 Å². The van der Waals surface area contributed by atoms with E-state index in [0.717, 1.165) is 24.0 Å². The van der Waals surface area contributed by atoms with Crippen LogP contribution in [0.2, 0.25) is 0 Å². The zero-order chi connectivity index (χ0) is 32.0. The molecule has 2 aliphatic rings. The van der Waals surface area contributed by atoms with Crippen LogP contribution in [0.1, 0.15) is 42.9 Å². The van der Waals surface area contributed by atoms with Crippen LogP contribution in [-0.4, -0.2) is 55.9 Å². The van der Waals surface area contributed by atoms with E-state index >= 15 is 0 Å². The van der Waals surface area contributed by atoms with E-state index in [1.807, 2.05) is 54.6 Å². The Hall–Kier alpha value is -4.51. The number of carbonyl (C=O) groups excluding carboxylic acids is 1. The first-order valence-electron chi connectivity index (χ1n) is 15.5. The highest BCUT2D eigenvalue weighted by molar-refractivity contribution is 7.91. The third-order valence-electron chi connectivity index (χ3n) is 8.17. The first-order valence-corrected chi connectivity index (χ1v) is 17.1. The van der Waals surface area contributed by atoms with Crippen molar-refractivity contribution in [2.24, 2.45) is 4.99 Å². The summed E-state index contributed by atoms with van der Waals surface area (Å²) < 4.78 is 39.2. The number of hydrogen-bond acceptors (Lipinski definition) is 8. The van der Waals surface area contributed by atoms with E-state index in [9.17, 15) is 13.2 Å². The summed E-state index contributed by atoms with van der Waals surface area (Å²) in [5.74, 6) is 0.0801. The Morgan fingerprint density at radius 1 is 0.870 bits per heavy atom. The minimum Gasteiger partial charge on any atom is -0.494 e. The molecule has 3 N–H and O–H groups in total. The monoisotopic (exact) mass is 639 g/mol. The summed E-state index contributed by atoms with van der Waals surface area (Å²) in [6.45, 7) is 0.414. The molecule has 6 rings (SSSR count). The first kappa shape index (κ1) is 31.5.